The Labute approximate surface area is 77.1 Å². The maximum Gasteiger partial charge on any atom is 0.000631 e. The van der Waals surface area contributed by atoms with Crippen molar-refractivity contribution in [2.45, 2.75) is 27.2 Å². The minimum atomic E-state index is 0.919. The highest BCUT2D eigenvalue weighted by Crippen LogP contribution is 2.40. The Morgan fingerprint density at radius 3 is 2.00 bits per heavy atom. The van der Waals surface area contributed by atoms with Crippen LogP contribution in [-0.4, -0.2) is 25.5 Å². The maximum atomic E-state index is 2.42. The predicted octanol–water partition coefficient (Wildman–Crippen LogP) is 2.48. The van der Waals surface area contributed by atoms with Gasteiger partial charge in [0.15, 0.2) is 0 Å². The third kappa shape index (κ3) is 2.01. The summed E-state index contributed by atoms with van der Waals surface area (Å²) >= 11 is 0. The van der Waals surface area contributed by atoms with Crippen molar-refractivity contribution in [3.05, 3.63) is 0 Å². The summed E-state index contributed by atoms with van der Waals surface area (Å²) in [7, 11) is 4.36. The lowest BCUT2D eigenvalue weighted by atomic mass is 9.91. The Balaban J connectivity index is 2.47. The van der Waals surface area contributed by atoms with Crippen LogP contribution in [0.1, 0.15) is 27.2 Å². The van der Waals surface area contributed by atoms with Gasteiger partial charge in [-0.1, -0.05) is 20.8 Å². The van der Waals surface area contributed by atoms with Gasteiger partial charge in [0.25, 0.3) is 0 Å². The molecule has 1 rings (SSSR count). The molecule has 4 unspecified atom stereocenters. The summed E-state index contributed by atoms with van der Waals surface area (Å²) in [6.07, 6.45) is 1.43. The number of hydrogen-bond donors (Lipinski definition) is 0. The Morgan fingerprint density at radius 1 is 1.08 bits per heavy atom. The van der Waals surface area contributed by atoms with E-state index < -0.39 is 0 Å². The van der Waals surface area contributed by atoms with Crippen LogP contribution < -0.4 is 0 Å². The Kier molecular flexibility index (Phi) is 3.16. The quantitative estimate of drug-likeness (QED) is 0.614. The van der Waals surface area contributed by atoms with Crippen molar-refractivity contribution < 1.29 is 0 Å². The van der Waals surface area contributed by atoms with Crippen molar-refractivity contribution in [1.29, 1.82) is 0 Å². The molecule has 1 aliphatic carbocycles. The summed E-state index contributed by atoms with van der Waals surface area (Å²) in [6, 6.07) is 0. The van der Waals surface area contributed by atoms with Gasteiger partial charge in [0.05, 0.1) is 0 Å². The zero-order valence-electron chi connectivity index (χ0n) is 9.17. The van der Waals surface area contributed by atoms with Crippen LogP contribution in [-0.2, 0) is 0 Å². The van der Waals surface area contributed by atoms with E-state index in [4.69, 9.17) is 0 Å². The van der Waals surface area contributed by atoms with E-state index in [2.05, 4.69) is 39.8 Å². The monoisotopic (exact) mass is 169 g/mol. The summed E-state index contributed by atoms with van der Waals surface area (Å²) in [4.78, 5) is 2.33. The molecule has 0 N–H and O–H groups in total. The van der Waals surface area contributed by atoms with Crippen LogP contribution in [0.15, 0.2) is 0 Å². The molecule has 0 aliphatic heterocycles. The molecule has 0 aromatic heterocycles. The average molecular weight is 169 g/mol. The van der Waals surface area contributed by atoms with Crippen molar-refractivity contribution in [3.8, 4) is 0 Å². The molecule has 1 nitrogen and oxygen atoms in total. The van der Waals surface area contributed by atoms with Crippen molar-refractivity contribution in [3.63, 3.8) is 0 Å². The van der Waals surface area contributed by atoms with Crippen LogP contribution in [0, 0.1) is 23.7 Å². The van der Waals surface area contributed by atoms with Gasteiger partial charge >= 0.3 is 0 Å². The van der Waals surface area contributed by atoms with Gasteiger partial charge in [0.1, 0.15) is 0 Å². The average Bonchev–Trinajstić information content (AvgIpc) is 2.17. The minimum Gasteiger partial charge on any atom is -0.309 e. The van der Waals surface area contributed by atoms with Crippen LogP contribution in [0.2, 0.25) is 0 Å². The second-order valence-electron chi connectivity index (χ2n) is 4.95. The fraction of sp³-hybridized carbons (Fsp3) is 1.00. The molecule has 72 valence electrons. The zero-order chi connectivity index (χ0) is 9.30. The van der Waals surface area contributed by atoms with Crippen molar-refractivity contribution >= 4 is 0 Å². The van der Waals surface area contributed by atoms with Crippen molar-refractivity contribution in [2.75, 3.05) is 20.6 Å². The molecule has 1 fully saturated rings. The van der Waals surface area contributed by atoms with Gasteiger partial charge in [0, 0.05) is 6.54 Å². The van der Waals surface area contributed by atoms with Crippen molar-refractivity contribution in [2.24, 2.45) is 23.7 Å². The van der Waals surface area contributed by atoms with Gasteiger partial charge in [-0.25, -0.2) is 0 Å². The summed E-state index contributed by atoms with van der Waals surface area (Å²) < 4.78 is 0. The number of nitrogens with zero attached hydrogens (tertiary/aromatic N) is 1. The molecule has 4 atom stereocenters. The highest BCUT2D eigenvalue weighted by atomic mass is 15.1. The number of rotatable bonds is 2. The molecule has 0 radical (unpaired) electrons. The van der Waals surface area contributed by atoms with Gasteiger partial charge in [-0.05, 0) is 44.2 Å². The van der Waals surface area contributed by atoms with Crippen LogP contribution >= 0.6 is 0 Å². The summed E-state index contributed by atoms with van der Waals surface area (Å²) in [5, 5.41) is 0. The normalized spacial score (nSPS) is 42.5. The topological polar surface area (TPSA) is 3.24 Å². The molecule has 0 amide bonds. The first-order valence-corrected chi connectivity index (χ1v) is 5.17. The molecule has 12 heavy (non-hydrogen) atoms. The van der Waals surface area contributed by atoms with E-state index >= 15 is 0 Å². The zero-order valence-corrected chi connectivity index (χ0v) is 9.17. The van der Waals surface area contributed by atoms with E-state index in [0.29, 0.717) is 0 Å². The lowest BCUT2D eigenvalue weighted by Gasteiger charge is -2.21. The predicted molar refractivity (Wildman–Crippen MR) is 54.2 cm³/mol. The number of hydrogen-bond acceptors (Lipinski definition) is 1. The molecule has 0 spiro atoms. The smallest absolute Gasteiger partial charge is 0.000631 e. The molecular weight excluding hydrogens is 146 g/mol. The van der Waals surface area contributed by atoms with E-state index in [1.165, 1.54) is 13.0 Å². The molecule has 1 saturated carbocycles. The molecule has 0 aromatic carbocycles. The fourth-order valence-corrected chi connectivity index (χ4v) is 2.56. The SMILES string of the molecule is CC1CC(CN(C)C)C(C)C1C. The van der Waals surface area contributed by atoms with E-state index in [1.807, 2.05) is 0 Å². The van der Waals surface area contributed by atoms with Crippen LogP contribution in [0.4, 0.5) is 0 Å². The second-order valence-corrected chi connectivity index (χ2v) is 4.95. The van der Waals surface area contributed by atoms with Crippen molar-refractivity contribution in [1.82, 2.24) is 4.90 Å². The fourth-order valence-electron chi connectivity index (χ4n) is 2.56. The van der Waals surface area contributed by atoms with E-state index in [9.17, 15) is 0 Å². The molecule has 0 saturated heterocycles. The Morgan fingerprint density at radius 2 is 1.67 bits per heavy atom. The van der Waals surface area contributed by atoms with Crippen LogP contribution in [0.5, 0.6) is 0 Å². The first-order valence-electron chi connectivity index (χ1n) is 5.17. The Bertz CT molecular complexity index is 140. The van der Waals surface area contributed by atoms with E-state index in [0.717, 1.165) is 23.7 Å². The van der Waals surface area contributed by atoms with Crippen LogP contribution in [0.3, 0.4) is 0 Å². The molecular formula is C11H23N. The van der Waals surface area contributed by atoms with Gasteiger partial charge in [-0.3, -0.25) is 0 Å². The van der Waals surface area contributed by atoms with E-state index in [1.54, 1.807) is 0 Å². The minimum absolute atomic E-state index is 0.919. The third-order valence-electron chi connectivity index (χ3n) is 3.74. The standard InChI is InChI=1S/C11H23N/c1-8-6-11(7-12(4)5)10(3)9(8)2/h8-11H,6-7H2,1-5H3. The molecule has 0 heterocycles. The molecule has 0 bridgehead atoms. The molecule has 1 aliphatic rings. The lowest BCUT2D eigenvalue weighted by molar-refractivity contribution is 0.265. The summed E-state index contributed by atoms with van der Waals surface area (Å²) in [6.45, 7) is 8.50. The van der Waals surface area contributed by atoms with Gasteiger partial charge in [-0.15, -0.1) is 0 Å². The molecule has 0 aromatic rings. The highest BCUT2D eigenvalue weighted by Gasteiger charge is 2.34. The Hall–Kier alpha value is -0.0400. The third-order valence-corrected chi connectivity index (χ3v) is 3.74. The maximum absolute atomic E-state index is 2.42. The van der Waals surface area contributed by atoms with Gasteiger partial charge in [0.2, 0.25) is 0 Å². The molecule has 1 heteroatoms. The second kappa shape index (κ2) is 3.78. The van der Waals surface area contributed by atoms with Gasteiger partial charge < -0.3 is 4.90 Å². The summed E-state index contributed by atoms with van der Waals surface area (Å²) in [5.41, 5.74) is 0. The van der Waals surface area contributed by atoms with E-state index in [-0.39, 0.29) is 0 Å². The first kappa shape index (κ1) is 10.0. The first-order chi connectivity index (χ1) is 5.52. The van der Waals surface area contributed by atoms with Gasteiger partial charge in [-0.2, -0.15) is 0 Å². The highest BCUT2D eigenvalue weighted by molar-refractivity contribution is 4.85. The largest absolute Gasteiger partial charge is 0.309 e. The lowest BCUT2D eigenvalue weighted by Crippen LogP contribution is -2.24. The summed E-state index contributed by atoms with van der Waals surface area (Å²) in [5.74, 6) is 3.72. The van der Waals surface area contributed by atoms with Crippen LogP contribution in [0.25, 0.3) is 0 Å².